The van der Waals surface area contributed by atoms with Gasteiger partial charge in [0.15, 0.2) is 0 Å². The van der Waals surface area contributed by atoms with Gasteiger partial charge >= 0.3 is 0 Å². The number of hydrogen-bond acceptors (Lipinski definition) is 4. The number of carbonyl (C=O) groups is 1. The Morgan fingerprint density at radius 2 is 2.33 bits per heavy atom. The van der Waals surface area contributed by atoms with Crippen LogP contribution in [0.2, 0.25) is 0 Å². The molecule has 2 rings (SSSR count). The fraction of sp³-hybridized carbons (Fsp3) is 0.643. The minimum Gasteiger partial charge on any atom is -0.374 e. The second-order valence-electron chi connectivity index (χ2n) is 5.21. The summed E-state index contributed by atoms with van der Waals surface area (Å²) in [5.74, 6) is -0.0101. The van der Waals surface area contributed by atoms with Gasteiger partial charge in [-0.2, -0.15) is 0 Å². The Kier molecular flexibility index (Phi) is 5.29. The largest absolute Gasteiger partial charge is 0.374 e. The summed E-state index contributed by atoms with van der Waals surface area (Å²) < 4.78 is 29.1. The van der Waals surface area contributed by atoms with Crippen molar-refractivity contribution in [2.45, 2.75) is 38.4 Å². The first-order chi connectivity index (χ1) is 9.98. The van der Waals surface area contributed by atoms with E-state index in [0.717, 1.165) is 4.88 Å². The van der Waals surface area contributed by atoms with Gasteiger partial charge in [0.2, 0.25) is 5.91 Å². The smallest absolute Gasteiger partial charge is 0.261 e. The summed E-state index contributed by atoms with van der Waals surface area (Å²) in [4.78, 5) is 15.3. The monoisotopic (exact) mass is 318 g/mol. The molecule has 0 radical (unpaired) electrons. The van der Waals surface area contributed by atoms with Gasteiger partial charge in [-0.25, -0.2) is 8.78 Å². The molecule has 0 spiro atoms. The van der Waals surface area contributed by atoms with Crippen molar-refractivity contribution in [1.82, 2.24) is 10.2 Å². The third kappa shape index (κ3) is 3.59. The third-order valence-corrected chi connectivity index (χ3v) is 4.66. The highest BCUT2D eigenvalue weighted by atomic mass is 32.1. The van der Waals surface area contributed by atoms with Gasteiger partial charge in [-0.1, -0.05) is 13.0 Å². The molecule has 2 unspecified atom stereocenters. The Balaban J connectivity index is 2.05. The number of amides is 1. The SMILES string of the molecule is CCC1(C)NC(c2cccs2)N(CCOCC(F)F)C1=O. The van der Waals surface area contributed by atoms with Crippen LogP contribution in [0.1, 0.15) is 31.3 Å². The van der Waals surface area contributed by atoms with E-state index in [4.69, 9.17) is 4.74 Å². The van der Waals surface area contributed by atoms with Gasteiger partial charge in [-0.05, 0) is 24.8 Å². The van der Waals surface area contributed by atoms with Gasteiger partial charge < -0.3 is 9.64 Å². The highest BCUT2D eigenvalue weighted by Crippen LogP contribution is 2.34. The van der Waals surface area contributed by atoms with Crippen molar-refractivity contribution in [3.8, 4) is 0 Å². The molecule has 0 aliphatic carbocycles. The molecule has 7 heteroatoms. The summed E-state index contributed by atoms with van der Waals surface area (Å²) in [5.41, 5.74) is -0.614. The van der Waals surface area contributed by atoms with Crippen LogP contribution < -0.4 is 5.32 Å². The highest BCUT2D eigenvalue weighted by molar-refractivity contribution is 7.10. The molecular formula is C14H20F2N2O2S. The number of ether oxygens (including phenoxy) is 1. The second kappa shape index (κ2) is 6.81. The van der Waals surface area contributed by atoms with Crippen molar-refractivity contribution >= 4 is 17.2 Å². The van der Waals surface area contributed by atoms with Crippen molar-refractivity contribution in [2.24, 2.45) is 0 Å². The molecule has 21 heavy (non-hydrogen) atoms. The van der Waals surface area contributed by atoms with Gasteiger partial charge in [0, 0.05) is 11.4 Å². The molecule has 1 aromatic heterocycles. The van der Waals surface area contributed by atoms with Gasteiger partial charge in [0.25, 0.3) is 6.43 Å². The zero-order valence-electron chi connectivity index (χ0n) is 12.1. The Hall–Kier alpha value is -1.05. The summed E-state index contributed by atoms with van der Waals surface area (Å²) in [6, 6.07) is 3.89. The molecule has 1 fully saturated rings. The summed E-state index contributed by atoms with van der Waals surface area (Å²) in [5, 5.41) is 5.30. The lowest BCUT2D eigenvalue weighted by Crippen LogP contribution is -2.43. The number of alkyl halides is 2. The third-order valence-electron chi connectivity index (χ3n) is 3.74. The maximum Gasteiger partial charge on any atom is 0.261 e. The average molecular weight is 318 g/mol. The maximum atomic E-state index is 12.6. The van der Waals surface area contributed by atoms with Crippen molar-refractivity contribution in [3.63, 3.8) is 0 Å². The van der Waals surface area contributed by atoms with E-state index in [1.807, 2.05) is 31.4 Å². The first-order valence-corrected chi connectivity index (χ1v) is 7.84. The summed E-state index contributed by atoms with van der Waals surface area (Å²) in [6.07, 6.45) is -2.02. The molecule has 2 heterocycles. The van der Waals surface area contributed by atoms with Crippen LogP contribution in [0.4, 0.5) is 8.78 Å². The van der Waals surface area contributed by atoms with E-state index in [9.17, 15) is 13.6 Å². The molecule has 0 aromatic carbocycles. The van der Waals surface area contributed by atoms with Crippen LogP contribution in [0.5, 0.6) is 0 Å². The van der Waals surface area contributed by atoms with Crippen LogP contribution >= 0.6 is 11.3 Å². The second-order valence-corrected chi connectivity index (χ2v) is 6.19. The van der Waals surface area contributed by atoms with E-state index >= 15 is 0 Å². The average Bonchev–Trinajstić information content (AvgIpc) is 3.05. The lowest BCUT2D eigenvalue weighted by Gasteiger charge is -2.23. The fourth-order valence-electron chi connectivity index (χ4n) is 2.37. The van der Waals surface area contributed by atoms with Crippen LogP contribution in [0.3, 0.4) is 0 Å². The van der Waals surface area contributed by atoms with Gasteiger partial charge in [0.05, 0.1) is 12.1 Å². The van der Waals surface area contributed by atoms with Crippen molar-refractivity contribution in [3.05, 3.63) is 22.4 Å². The molecule has 2 atom stereocenters. The maximum absolute atomic E-state index is 12.6. The number of nitrogens with one attached hydrogen (secondary N) is 1. The number of rotatable bonds is 7. The van der Waals surface area contributed by atoms with Crippen molar-refractivity contribution in [2.75, 3.05) is 19.8 Å². The Morgan fingerprint density at radius 1 is 1.57 bits per heavy atom. The molecule has 1 aliphatic rings. The molecule has 1 saturated heterocycles. The van der Waals surface area contributed by atoms with E-state index < -0.39 is 18.6 Å². The number of carbonyl (C=O) groups excluding carboxylic acids is 1. The standard InChI is InChI=1S/C14H20F2N2O2S/c1-3-14(2)13(19)18(6-7-20-9-11(15)16)12(17-14)10-5-4-8-21-10/h4-5,8,11-12,17H,3,6-7,9H2,1-2H3. The van der Waals surface area contributed by atoms with E-state index in [1.54, 1.807) is 16.2 Å². The Labute approximate surface area is 127 Å². The molecular weight excluding hydrogens is 298 g/mol. The topological polar surface area (TPSA) is 41.6 Å². The van der Waals surface area contributed by atoms with Crippen LogP contribution in [-0.2, 0) is 9.53 Å². The van der Waals surface area contributed by atoms with Crippen LogP contribution in [0.25, 0.3) is 0 Å². The fourth-order valence-corrected chi connectivity index (χ4v) is 3.15. The number of hydrogen-bond donors (Lipinski definition) is 1. The molecule has 1 aromatic rings. The number of halogens is 2. The predicted octanol–water partition coefficient (Wildman–Crippen LogP) is 2.63. The van der Waals surface area contributed by atoms with Crippen molar-refractivity contribution < 1.29 is 18.3 Å². The zero-order chi connectivity index (χ0) is 15.5. The first kappa shape index (κ1) is 16.3. The Bertz CT molecular complexity index is 470. The normalized spacial score (nSPS) is 26.0. The molecule has 1 aliphatic heterocycles. The summed E-state index contributed by atoms with van der Waals surface area (Å²) >= 11 is 1.56. The molecule has 118 valence electrons. The van der Waals surface area contributed by atoms with Gasteiger partial charge in [-0.15, -0.1) is 11.3 Å². The molecule has 0 bridgehead atoms. The van der Waals surface area contributed by atoms with E-state index in [0.29, 0.717) is 13.0 Å². The minimum atomic E-state index is -2.48. The van der Waals surface area contributed by atoms with Crippen molar-refractivity contribution in [1.29, 1.82) is 0 Å². The highest BCUT2D eigenvalue weighted by Gasteiger charge is 2.47. The van der Waals surface area contributed by atoms with Gasteiger partial charge in [0.1, 0.15) is 12.8 Å². The lowest BCUT2D eigenvalue weighted by atomic mass is 9.99. The number of nitrogens with zero attached hydrogens (tertiary/aromatic N) is 1. The van der Waals surface area contributed by atoms with Crippen LogP contribution in [-0.4, -0.2) is 42.5 Å². The quantitative estimate of drug-likeness (QED) is 0.786. The van der Waals surface area contributed by atoms with Crippen LogP contribution in [0, 0.1) is 0 Å². The van der Waals surface area contributed by atoms with Crippen LogP contribution in [0.15, 0.2) is 17.5 Å². The van der Waals surface area contributed by atoms with E-state index in [2.05, 4.69) is 5.32 Å². The lowest BCUT2D eigenvalue weighted by molar-refractivity contribution is -0.133. The summed E-state index contributed by atoms with van der Waals surface area (Å²) in [7, 11) is 0. The zero-order valence-corrected chi connectivity index (χ0v) is 13.0. The first-order valence-electron chi connectivity index (χ1n) is 6.96. The summed E-state index contributed by atoms with van der Waals surface area (Å²) in [6.45, 7) is 3.64. The predicted molar refractivity (Wildman–Crippen MR) is 77.4 cm³/mol. The minimum absolute atomic E-state index is 0.0101. The van der Waals surface area contributed by atoms with E-state index in [-0.39, 0.29) is 18.7 Å². The molecule has 4 nitrogen and oxygen atoms in total. The molecule has 0 saturated carbocycles. The van der Waals surface area contributed by atoms with E-state index in [1.165, 1.54) is 0 Å². The Morgan fingerprint density at radius 3 is 2.90 bits per heavy atom. The molecule has 1 amide bonds. The molecule has 1 N–H and O–H groups in total. The number of thiophene rings is 1. The van der Waals surface area contributed by atoms with Gasteiger partial charge in [-0.3, -0.25) is 10.1 Å².